The van der Waals surface area contributed by atoms with Crippen molar-refractivity contribution in [1.82, 2.24) is 5.43 Å². The maximum Gasteiger partial charge on any atom is 0.281 e. The summed E-state index contributed by atoms with van der Waals surface area (Å²) in [4.78, 5) is 13.0. The first-order valence-corrected chi connectivity index (χ1v) is 11.7. The van der Waals surface area contributed by atoms with Crippen LogP contribution in [0.3, 0.4) is 0 Å². The number of hydrogen-bond acceptors (Lipinski definition) is 6. The molecule has 1 aromatic heterocycles. The van der Waals surface area contributed by atoms with Gasteiger partial charge in [-0.15, -0.1) is 0 Å². The van der Waals surface area contributed by atoms with Crippen molar-refractivity contribution in [2.45, 2.75) is 10.5 Å². The summed E-state index contributed by atoms with van der Waals surface area (Å²) in [5.74, 6) is 0.0825. The number of hydrogen-bond donors (Lipinski definition) is 3. The van der Waals surface area contributed by atoms with Crippen LogP contribution in [-0.2, 0) is 20.4 Å². The monoisotopic (exact) mass is 475 g/mol. The zero-order valence-corrected chi connectivity index (χ0v) is 18.6. The number of hydrazone groups is 1. The molecule has 0 unspecified atom stereocenters. The Hall–Kier alpha value is -4.05. The number of amides is 1. The highest BCUT2D eigenvalue weighted by Crippen LogP contribution is 2.30. The van der Waals surface area contributed by atoms with Gasteiger partial charge in [0.1, 0.15) is 11.5 Å². The normalized spacial score (nSPS) is 12.1. The van der Waals surface area contributed by atoms with Gasteiger partial charge in [0.2, 0.25) is 10.0 Å². The van der Waals surface area contributed by atoms with Gasteiger partial charge in [0.05, 0.1) is 11.1 Å². The molecule has 4 rings (SSSR count). The third kappa shape index (κ3) is 4.81. The van der Waals surface area contributed by atoms with Gasteiger partial charge in [0.15, 0.2) is 5.60 Å². The number of carbonyl (C=O) groups excluding carboxylic acids is 1. The number of furan rings is 1. The van der Waals surface area contributed by atoms with Gasteiger partial charge < -0.3 is 9.52 Å². The number of nitrogens with one attached hydrogen (secondary N) is 1. The van der Waals surface area contributed by atoms with Crippen LogP contribution >= 0.6 is 0 Å². The van der Waals surface area contributed by atoms with Crippen LogP contribution in [0.1, 0.15) is 16.9 Å². The van der Waals surface area contributed by atoms with Gasteiger partial charge in [-0.3, -0.25) is 4.79 Å². The van der Waals surface area contributed by atoms with E-state index in [1.807, 2.05) is 0 Å². The Labute approximate surface area is 196 Å². The Bertz CT molecular complexity index is 1370. The highest BCUT2D eigenvalue weighted by atomic mass is 32.2. The van der Waals surface area contributed by atoms with Crippen molar-refractivity contribution in [2.24, 2.45) is 10.2 Å². The zero-order valence-electron chi connectivity index (χ0n) is 17.8. The maximum absolute atomic E-state index is 13.0. The van der Waals surface area contributed by atoms with E-state index in [2.05, 4.69) is 10.5 Å². The molecule has 0 spiro atoms. The van der Waals surface area contributed by atoms with Gasteiger partial charge in [0.25, 0.3) is 5.91 Å². The van der Waals surface area contributed by atoms with Crippen molar-refractivity contribution >= 4 is 22.1 Å². The second-order valence-electron chi connectivity index (χ2n) is 7.41. The summed E-state index contributed by atoms with van der Waals surface area (Å²) in [7, 11) is -3.78. The average Bonchev–Trinajstić information content (AvgIpc) is 3.33. The van der Waals surface area contributed by atoms with Crippen LogP contribution in [0.2, 0.25) is 0 Å². The third-order valence-corrected chi connectivity index (χ3v) is 6.09. The van der Waals surface area contributed by atoms with E-state index in [1.54, 1.807) is 84.9 Å². The SMILES string of the molecule is NS(=O)(=O)c1ccc(-c2ccc(C=NNC(=O)C(O)(c3ccccc3)c3ccccc3)o2)cc1. The molecule has 172 valence electrons. The second kappa shape index (κ2) is 9.44. The van der Waals surface area contributed by atoms with E-state index in [1.165, 1.54) is 18.3 Å². The molecule has 8 nitrogen and oxygen atoms in total. The van der Waals surface area contributed by atoms with Crippen molar-refractivity contribution in [1.29, 1.82) is 0 Å². The van der Waals surface area contributed by atoms with E-state index in [0.717, 1.165) is 0 Å². The molecule has 1 heterocycles. The number of benzene rings is 3. The van der Waals surface area contributed by atoms with E-state index in [4.69, 9.17) is 9.56 Å². The predicted octanol–water partition coefficient (Wildman–Crippen LogP) is 2.98. The van der Waals surface area contributed by atoms with Crippen molar-refractivity contribution in [3.63, 3.8) is 0 Å². The number of primary sulfonamides is 1. The molecule has 0 fully saturated rings. The number of nitrogens with two attached hydrogens (primary N) is 1. The molecule has 0 saturated heterocycles. The summed E-state index contributed by atoms with van der Waals surface area (Å²) >= 11 is 0. The number of sulfonamides is 1. The second-order valence-corrected chi connectivity index (χ2v) is 8.97. The molecule has 9 heteroatoms. The fourth-order valence-corrected chi connectivity index (χ4v) is 3.92. The molecule has 0 aliphatic rings. The van der Waals surface area contributed by atoms with E-state index < -0.39 is 21.5 Å². The minimum atomic E-state index is -3.78. The van der Waals surface area contributed by atoms with Gasteiger partial charge in [-0.1, -0.05) is 60.7 Å². The summed E-state index contributed by atoms with van der Waals surface area (Å²) in [5.41, 5.74) is 1.87. The first kappa shape index (κ1) is 23.1. The predicted molar refractivity (Wildman–Crippen MR) is 127 cm³/mol. The van der Waals surface area contributed by atoms with E-state index in [9.17, 15) is 18.3 Å². The van der Waals surface area contributed by atoms with Gasteiger partial charge in [0, 0.05) is 5.56 Å². The molecule has 0 radical (unpaired) electrons. The van der Waals surface area contributed by atoms with Crippen molar-refractivity contribution in [2.75, 3.05) is 0 Å². The Kier molecular flexibility index (Phi) is 6.42. The fourth-order valence-electron chi connectivity index (χ4n) is 3.41. The fraction of sp³-hybridized carbons (Fsp3) is 0.0400. The van der Waals surface area contributed by atoms with Gasteiger partial charge in [-0.2, -0.15) is 5.10 Å². The van der Waals surface area contributed by atoms with Gasteiger partial charge in [-0.25, -0.2) is 19.0 Å². The summed E-state index contributed by atoms with van der Waals surface area (Å²) < 4.78 is 28.5. The molecule has 4 aromatic rings. The molecule has 0 bridgehead atoms. The molecule has 0 aliphatic carbocycles. The minimum absolute atomic E-state index is 0.00313. The summed E-state index contributed by atoms with van der Waals surface area (Å²) in [5, 5.41) is 20.4. The molecule has 1 amide bonds. The van der Waals surface area contributed by atoms with E-state index in [0.29, 0.717) is 28.2 Å². The van der Waals surface area contributed by atoms with Gasteiger partial charge in [-0.05, 0) is 47.5 Å². The van der Waals surface area contributed by atoms with E-state index >= 15 is 0 Å². The van der Waals surface area contributed by atoms with Crippen LogP contribution in [-0.4, -0.2) is 25.6 Å². The minimum Gasteiger partial charge on any atom is -0.455 e. The summed E-state index contributed by atoms with van der Waals surface area (Å²) in [6, 6.07) is 26.4. The molecule has 34 heavy (non-hydrogen) atoms. The lowest BCUT2D eigenvalue weighted by Crippen LogP contribution is -2.43. The Morgan fingerprint density at radius 1 is 0.882 bits per heavy atom. The largest absolute Gasteiger partial charge is 0.455 e. The first-order valence-electron chi connectivity index (χ1n) is 10.2. The highest BCUT2D eigenvalue weighted by Gasteiger charge is 2.39. The molecular weight excluding hydrogens is 454 g/mol. The number of carbonyl (C=O) groups is 1. The Morgan fingerprint density at radius 3 is 1.97 bits per heavy atom. The molecule has 4 N–H and O–H groups in total. The van der Waals surface area contributed by atoms with Crippen molar-refractivity contribution in [3.8, 4) is 11.3 Å². The zero-order chi connectivity index (χ0) is 24.2. The number of rotatable bonds is 7. The van der Waals surface area contributed by atoms with Crippen LogP contribution in [0.5, 0.6) is 0 Å². The number of aliphatic hydroxyl groups is 1. The van der Waals surface area contributed by atoms with Crippen LogP contribution in [0.25, 0.3) is 11.3 Å². The maximum atomic E-state index is 13.0. The molecule has 0 atom stereocenters. The standard InChI is InChI=1S/C25H21N3O5S/c26-34(31,32)22-14-11-18(12-15-22)23-16-13-21(33-23)17-27-28-24(29)25(30,19-7-3-1-4-8-19)20-9-5-2-6-10-20/h1-17,30H,(H,28,29)(H2,26,31,32). The highest BCUT2D eigenvalue weighted by molar-refractivity contribution is 7.89. The Balaban J connectivity index is 1.52. The molecular formula is C25H21N3O5S. The van der Waals surface area contributed by atoms with E-state index in [-0.39, 0.29) is 4.90 Å². The molecule has 0 saturated carbocycles. The molecule has 3 aromatic carbocycles. The third-order valence-electron chi connectivity index (χ3n) is 5.16. The Morgan fingerprint density at radius 2 is 1.44 bits per heavy atom. The van der Waals surface area contributed by atoms with Gasteiger partial charge >= 0.3 is 0 Å². The van der Waals surface area contributed by atoms with Crippen molar-refractivity contribution in [3.05, 3.63) is 114 Å². The topological polar surface area (TPSA) is 135 Å². The lowest BCUT2D eigenvalue weighted by Gasteiger charge is -2.26. The average molecular weight is 476 g/mol. The quantitative estimate of drug-likeness (QED) is 0.279. The van der Waals surface area contributed by atoms with Crippen LogP contribution < -0.4 is 10.6 Å². The lowest BCUT2D eigenvalue weighted by molar-refractivity contribution is -0.136. The smallest absolute Gasteiger partial charge is 0.281 e. The van der Waals surface area contributed by atoms with Crippen LogP contribution in [0.4, 0.5) is 0 Å². The molecule has 0 aliphatic heterocycles. The van der Waals surface area contributed by atoms with Crippen LogP contribution in [0, 0.1) is 0 Å². The number of nitrogens with zero attached hydrogens (tertiary/aromatic N) is 1. The summed E-state index contributed by atoms with van der Waals surface area (Å²) in [6.45, 7) is 0. The lowest BCUT2D eigenvalue weighted by atomic mass is 9.85. The summed E-state index contributed by atoms with van der Waals surface area (Å²) in [6.07, 6.45) is 1.30. The van der Waals surface area contributed by atoms with Crippen LogP contribution in [0.15, 0.2) is 111 Å². The first-order chi connectivity index (χ1) is 16.3. The van der Waals surface area contributed by atoms with Crippen molar-refractivity contribution < 1.29 is 22.7 Å².